The van der Waals surface area contributed by atoms with Crippen LogP contribution in [0.1, 0.15) is 28.9 Å². The first-order valence-electron chi connectivity index (χ1n) is 10.1. The first-order valence-corrected chi connectivity index (χ1v) is 10.1. The van der Waals surface area contributed by atoms with E-state index in [0.717, 1.165) is 35.1 Å². The van der Waals surface area contributed by atoms with Gasteiger partial charge in [-0.25, -0.2) is 5.43 Å². The van der Waals surface area contributed by atoms with Crippen molar-refractivity contribution in [2.75, 3.05) is 26.3 Å². The molecule has 30 heavy (non-hydrogen) atoms. The fourth-order valence-electron chi connectivity index (χ4n) is 3.86. The third kappa shape index (κ3) is 4.35. The first-order chi connectivity index (χ1) is 14.6. The smallest absolute Gasteiger partial charge is 0.275 e. The third-order valence-corrected chi connectivity index (χ3v) is 5.36. The van der Waals surface area contributed by atoms with E-state index in [1.807, 2.05) is 49.4 Å². The highest BCUT2D eigenvalue weighted by atomic mass is 16.5. The summed E-state index contributed by atoms with van der Waals surface area (Å²) in [7, 11) is 0. The molecule has 6 nitrogen and oxygen atoms in total. The molecular weight excluding hydrogens is 378 g/mol. The van der Waals surface area contributed by atoms with Gasteiger partial charge in [-0.15, -0.1) is 0 Å². The molecule has 0 spiro atoms. The summed E-state index contributed by atoms with van der Waals surface area (Å²) in [5.41, 5.74) is 4.72. The van der Waals surface area contributed by atoms with Crippen LogP contribution in [-0.4, -0.2) is 47.9 Å². The van der Waals surface area contributed by atoms with Gasteiger partial charge in [0.25, 0.3) is 5.91 Å². The number of hydrogen-bond donors (Lipinski definition) is 2. The maximum absolute atomic E-state index is 12.7. The van der Waals surface area contributed by atoms with E-state index >= 15 is 0 Å². The molecule has 1 fully saturated rings. The minimum Gasteiger partial charge on any atom is -0.507 e. The summed E-state index contributed by atoms with van der Waals surface area (Å²) in [6.45, 7) is 4.85. The lowest BCUT2D eigenvalue weighted by Crippen LogP contribution is -2.42. The van der Waals surface area contributed by atoms with E-state index < -0.39 is 5.91 Å². The summed E-state index contributed by atoms with van der Waals surface area (Å²) in [5, 5.41) is 16.5. The molecule has 3 aromatic rings. The van der Waals surface area contributed by atoms with Crippen molar-refractivity contribution in [3.63, 3.8) is 0 Å². The van der Waals surface area contributed by atoms with Crippen LogP contribution in [0.3, 0.4) is 0 Å². The Balaban J connectivity index is 1.58. The van der Waals surface area contributed by atoms with Crippen molar-refractivity contribution in [2.45, 2.75) is 13.0 Å². The van der Waals surface area contributed by atoms with Gasteiger partial charge in [-0.1, -0.05) is 54.6 Å². The van der Waals surface area contributed by atoms with E-state index in [-0.39, 0.29) is 17.4 Å². The van der Waals surface area contributed by atoms with Crippen LogP contribution in [0.5, 0.6) is 5.75 Å². The molecule has 1 atom stereocenters. The van der Waals surface area contributed by atoms with Crippen molar-refractivity contribution >= 4 is 22.4 Å². The summed E-state index contributed by atoms with van der Waals surface area (Å²) < 4.78 is 5.49. The maximum atomic E-state index is 12.7. The maximum Gasteiger partial charge on any atom is 0.275 e. The quantitative estimate of drug-likeness (QED) is 0.503. The van der Waals surface area contributed by atoms with Crippen LogP contribution in [-0.2, 0) is 4.74 Å². The predicted octanol–water partition coefficient (Wildman–Crippen LogP) is 3.72. The molecule has 1 heterocycles. The van der Waals surface area contributed by atoms with Gasteiger partial charge < -0.3 is 9.84 Å². The van der Waals surface area contributed by atoms with Crippen molar-refractivity contribution in [2.24, 2.45) is 5.10 Å². The van der Waals surface area contributed by atoms with Crippen molar-refractivity contribution in [1.82, 2.24) is 10.3 Å². The summed E-state index contributed by atoms with van der Waals surface area (Å²) in [4.78, 5) is 15.0. The number of morpholine rings is 1. The Labute approximate surface area is 175 Å². The largest absolute Gasteiger partial charge is 0.507 e. The molecule has 0 aliphatic carbocycles. The number of carbonyl (C=O) groups is 1. The molecule has 1 aliphatic rings. The van der Waals surface area contributed by atoms with Gasteiger partial charge in [0.1, 0.15) is 5.75 Å². The zero-order valence-electron chi connectivity index (χ0n) is 16.9. The normalized spacial score (nSPS) is 16.4. The SMILES string of the molecule is C/C(=N/NC(=O)c1cc2ccccc2cc1O)[C@@H](c1ccccc1)N1CCOCC1. The predicted molar refractivity (Wildman–Crippen MR) is 118 cm³/mol. The summed E-state index contributed by atoms with van der Waals surface area (Å²) in [5.74, 6) is -0.502. The monoisotopic (exact) mass is 403 g/mol. The molecule has 0 aromatic heterocycles. The van der Waals surface area contributed by atoms with Crippen LogP contribution in [0.25, 0.3) is 10.8 Å². The van der Waals surface area contributed by atoms with E-state index in [2.05, 4.69) is 27.6 Å². The number of rotatable bonds is 5. The average molecular weight is 403 g/mol. The van der Waals surface area contributed by atoms with Crippen LogP contribution in [0, 0.1) is 0 Å². The molecule has 3 aromatic carbocycles. The topological polar surface area (TPSA) is 74.2 Å². The zero-order valence-corrected chi connectivity index (χ0v) is 16.9. The number of hydrazone groups is 1. The Bertz CT molecular complexity index is 1060. The van der Waals surface area contributed by atoms with Crippen molar-refractivity contribution in [1.29, 1.82) is 0 Å². The number of aromatic hydroxyl groups is 1. The first kappa shape index (κ1) is 20.1. The number of benzene rings is 3. The second kappa shape index (κ2) is 9.07. The molecule has 0 bridgehead atoms. The average Bonchev–Trinajstić information content (AvgIpc) is 2.78. The van der Waals surface area contributed by atoms with Crippen LogP contribution >= 0.6 is 0 Å². The van der Waals surface area contributed by atoms with E-state index in [1.165, 1.54) is 0 Å². The number of amides is 1. The van der Waals surface area contributed by atoms with Gasteiger partial charge in [-0.2, -0.15) is 5.10 Å². The number of fused-ring (bicyclic) bond motifs is 1. The number of ether oxygens (including phenoxy) is 1. The van der Waals surface area contributed by atoms with Crippen LogP contribution in [0.4, 0.5) is 0 Å². The second-order valence-corrected chi connectivity index (χ2v) is 7.37. The Morgan fingerprint density at radius 1 is 1.03 bits per heavy atom. The number of hydrogen-bond acceptors (Lipinski definition) is 5. The number of nitrogens with one attached hydrogen (secondary N) is 1. The number of phenols is 1. The number of nitrogens with zero attached hydrogens (tertiary/aromatic N) is 2. The number of phenolic OH excluding ortho intramolecular Hbond substituents is 1. The van der Waals surface area contributed by atoms with Crippen LogP contribution < -0.4 is 5.43 Å². The van der Waals surface area contributed by atoms with Gasteiger partial charge in [0.15, 0.2) is 0 Å². The Kier molecular flexibility index (Phi) is 6.07. The fraction of sp³-hybridized carbons (Fsp3) is 0.250. The summed E-state index contributed by atoms with van der Waals surface area (Å²) >= 11 is 0. The van der Waals surface area contributed by atoms with Crippen molar-refractivity contribution < 1.29 is 14.6 Å². The molecule has 154 valence electrons. The van der Waals surface area contributed by atoms with Gasteiger partial charge in [0.05, 0.1) is 30.5 Å². The fourth-order valence-corrected chi connectivity index (χ4v) is 3.86. The minimum atomic E-state index is -0.439. The lowest BCUT2D eigenvalue weighted by atomic mass is 10.0. The highest BCUT2D eigenvalue weighted by Crippen LogP contribution is 2.26. The molecule has 0 saturated carbocycles. The van der Waals surface area contributed by atoms with Crippen molar-refractivity contribution in [3.8, 4) is 5.75 Å². The lowest BCUT2D eigenvalue weighted by molar-refractivity contribution is 0.0285. The van der Waals surface area contributed by atoms with Crippen molar-refractivity contribution in [3.05, 3.63) is 77.9 Å². The zero-order chi connectivity index (χ0) is 20.9. The molecule has 4 rings (SSSR count). The van der Waals surface area contributed by atoms with E-state index in [9.17, 15) is 9.90 Å². The van der Waals surface area contributed by atoms with E-state index in [1.54, 1.807) is 12.1 Å². The Hall–Kier alpha value is -3.22. The molecule has 1 amide bonds. The van der Waals surface area contributed by atoms with Gasteiger partial charge in [-0.05, 0) is 35.4 Å². The van der Waals surface area contributed by atoms with E-state index in [0.29, 0.717) is 13.2 Å². The second-order valence-electron chi connectivity index (χ2n) is 7.37. The number of carbonyl (C=O) groups excluding carboxylic acids is 1. The Morgan fingerprint density at radius 3 is 2.37 bits per heavy atom. The standard InChI is InChI=1S/C24H25N3O3/c1-17(23(18-7-3-2-4-8-18)27-11-13-30-14-12-27)25-26-24(29)21-15-19-9-5-6-10-20(19)16-22(21)28/h2-10,15-16,23,28H,11-14H2,1H3,(H,26,29)/b25-17-/t23-/m0/s1. The summed E-state index contributed by atoms with van der Waals surface area (Å²) in [6, 6.07) is 20.9. The third-order valence-electron chi connectivity index (χ3n) is 5.36. The van der Waals surface area contributed by atoms with Crippen LogP contribution in [0.2, 0.25) is 0 Å². The highest BCUT2D eigenvalue weighted by molar-refractivity contribution is 6.02. The van der Waals surface area contributed by atoms with Gasteiger partial charge in [0.2, 0.25) is 0 Å². The van der Waals surface area contributed by atoms with E-state index in [4.69, 9.17) is 4.74 Å². The minimum absolute atomic E-state index is 0.0550. The molecule has 0 unspecified atom stereocenters. The molecule has 1 saturated heterocycles. The molecular formula is C24H25N3O3. The molecule has 1 aliphatic heterocycles. The summed E-state index contributed by atoms with van der Waals surface area (Å²) in [6.07, 6.45) is 0. The lowest BCUT2D eigenvalue weighted by Gasteiger charge is -2.34. The van der Waals surface area contributed by atoms with Gasteiger partial charge in [-0.3, -0.25) is 9.69 Å². The molecule has 0 radical (unpaired) electrons. The molecule has 6 heteroatoms. The highest BCUT2D eigenvalue weighted by Gasteiger charge is 2.25. The molecule has 2 N–H and O–H groups in total. The van der Waals surface area contributed by atoms with Crippen LogP contribution in [0.15, 0.2) is 71.8 Å². The van der Waals surface area contributed by atoms with Gasteiger partial charge >= 0.3 is 0 Å². The van der Waals surface area contributed by atoms with Gasteiger partial charge in [0, 0.05) is 13.1 Å². The Morgan fingerprint density at radius 2 is 1.67 bits per heavy atom.